The van der Waals surface area contributed by atoms with Gasteiger partial charge >= 0.3 is 0 Å². The smallest absolute Gasteiger partial charge is 0.296 e. The van der Waals surface area contributed by atoms with Gasteiger partial charge < -0.3 is 9.97 Å². The summed E-state index contributed by atoms with van der Waals surface area (Å²) in [5.41, 5.74) is 2.07. The molecule has 0 saturated carbocycles. The highest BCUT2D eigenvalue weighted by atomic mass is 32.2. The molecule has 0 aliphatic rings. The zero-order valence-corrected chi connectivity index (χ0v) is 16.8. The van der Waals surface area contributed by atoms with Crippen molar-refractivity contribution < 1.29 is 13.0 Å². The number of benzene rings is 3. The van der Waals surface area contributed by atoms with E-state index >= 15 is 0 Å². The van der Waals surface area contributed by atoms with Crippen molar-refractivity contribution in [2.24, 2.45) is 0 Å². The van der Waals surface area contributed by atoms with E-state index in [4.69, 9.17) is 0 Å². The number of fused-ring (bicyclic) bond motifs is 4. The van der Waals surface area contributed by atoms with Gasteiger partial charge in [0.2, 0.25) is 0 Å². The molecular formula is C22H16N2O5S. The molecule has 0 saturated heterocycles. The van der Waals surface area contributed by atoms with Crippen LogP contribution in [0.25, 0.3) is 43.6 Å². The average Bonchev–Trinajstić information content (AvgIpc) is 2.66. The summed E-state index contributed by atoms with van der Waals surface area (Å²) in [6.45, 7) is 3.38. The second kappa shape index (κ2) is 6.01. The minimum atomic E-state index is -4.57. The number of nitrogens with one attached hydrogen (secondary N) is 2. The largest absolute Gasteiger partial charge is 0.354 e. The van der Waals surface area contributed by atoms with E-state index in [9.17, 15) is 22.6 Å². The molecule has 0 unspecified atom stereocenters. The fourth-order valence-corrected chi connectivity index (χ4v) is 5.04. The Bertz CT molecular complexity index is 1780. The highest BCUT2D eigenvalue weighted by Gasteiger charge is 2.20. The van der Waals surface area contributed by atoms with E-state index in [0.29, 0.717) is 38.3 Å². The van der Waals surface area contributed by atoms with Crippen LogP contribution >= 0.6 is 0 Å². The first kappa shape index (κ1) is 18.5. The highest BCUT2D eigenvalue weighted by Crippen LogP contribution is 2.27. The monoisotopic (exact) mass is 420 g/mol. The Morgan fingerprint density at radius 2 is 1.43 bits per heavy atom. The molecule has 2 aromatic heterocycles. The van der Waals surface area contributed by atoms with Crippen molar-refractivity contribution in [3.05, 3.63) is 74.0 Å². The highest BCUT2D eigenvalue weighted by molar-refractivity contribution is 7.86. The van der Waals surface area contributed by atoms with Gasteiger partial charge in [-0.25, -0.2) is 0 Å². The number of aromatic amines is 2. The SMILES string of the molecule is Cc1ccc2c(=O)c3cc4[nH]c5cccc(C)c5c(=O)c4cc3[nH]c2c1S(=O)(=O)O. The normalized spacial score (nSPS) is 12.4. The van der Waals surface area contributed by atoms with Gasteiger partial charge in [0.1, 0.15) is 4.90 Å². The number of aromatic nitrogens is 2. The van der Waals surface area contributed by atoms with Crippen molar-refractivity contribution in [2.45, 2.75) is 18.7 Å². The fraction of sp³-hybridized carbons (Fsp3) is 0.0909. The number of aryl methyl sites for hydroxylation is 2. The number of rotatable bonds is 1. The molecule has 8 heteroatoms. The lowest BCUT2D eigenvalue weighted by molar-refractivity contribution is 0.483. The Morgan fingerprint density at radius 3 is 2.13 bits per heavy atom. The minimum absolute atomic E-state index is 0.0164. The molecule has 5 rings (SSSR count). The van der Waals surface area contributed by atoms with Crippen molar-refractivity contribution in [1.82, 2.24) is 9.97 Å². The van der Waals surface area contributed by atoms with Crippen molar-refractivity contribution in [3.8, 4) is 0 Å². The van der Waals surface area contributed by atoms with E-state index in [1.807, 2.05) is 19.1 Å². The van der Waals surface area contributed by atoms with Gasteiger partial charge in [-0.15, -0.1) is 0 Å². The third-order valence-electron chi connectivity index (χ3n) is 5.53. The Morgan fingerprint density at radius 1 is 0.767 bits per heavy atom. The summed E-state index contributed by atoms with van der Waals surface area (Å²) in [5, 5.41) is 1.38. The predicted molar refractivity (Wildman–Crippen MR) is 117 cm³/mol. The fourth-order valence-electron chi connectivity index (χ4n) is 4.15. The summed E-state index contributed by atoms with van der Waals surface area (Å²) in [6.07, 6.45) is 0. The van der Waals surface area contributed by atoms with E-state index in [2.05, 4.69) is 9.97 Å². The van der Waals surface area contributed by atoms with Crippen LogP contribution in [-0.4, -0.2) is 22.9 Å². The third-order valence-corrected chi connectivity index (χ3v) is 6.57. The van der Waals surface area contributed by atoms with Crippen LogP contribution in [0.5, 0.6) is 0 Å². The molecule has 0 aliphatic carbocycles. The van der Waals surface area contributed by atoms with Gasteiger partial charge in [0.05, 0.1) is 22.1 Å². The molecule has 30 heavy (non-hydrogen) atoms. The second-order valence-corrected chi connectivity index (χ2v) is 8.82. The minimum Gasteiger partial charge on any atom is -0.354 e. The van der Waals surface area contributed by atoms with Gasteiger partial charge in [-0.05, 0) is 49.2 Å². The molecule has 3 aromatic carbocycles. The van der Waals surface area contributed by atoms with Gasteiger partial charge in [-0.3, -0.25) is 14.1 Å². The number of pyridine rings is 2. The zero-order valence-electron chi connectivity index (χ0n) is 16.0. The van der Waals surface area contributed by atoms with Crippen LogP contribution in [0.2, 0.25) is 0 Å². The van der Waals surface area contributed by atoms with Crippen molar-refractivity contribution in [3.63, 3.8) is 0 Å². The van der Waals surface area contributed by atoms with Gasteiger partial charge in [-0.2, -0.15) is 8.42 Å². The van der Waals surface area contributed by atoms with Crippen LogP contribution in [0.15, 0.2) is 56.9 Å². The lowest BCUT2D eigenvalue weighted by Crippen LogP contribution is -2.11. The topological polar surface area (TPSA) is 120 Å². The summed E-state index contributed by atoms with van der Waals surface area (Å²) in [5.74, 6) is 0. The molecule has 0 aliphatic heterocycles. The molecule has 0 bridgehead atoms. The average molecular weight is 420 g/mol. The lowest BCUT2D eigenvalue weighted by atomic mass is 10.0. The Labute approximate surface area is 169 Å². The van der Waals surface area contributed by atoms with E-state index in [1.165, 1.54) is 19.1 Å². The summed E-state index contributed by atoms with van der Waals surface area (Å²) in [4.78, 5) is 32.1. The van der Waals surface area contributed by atoms with Gasteiger partial charge in [0.15, 0.2) is 10.9 Å². The first-order chi connectivity index (χ1) is 14.2. The standard InChI is InChI=1S/C22H16N2O5S/c1-10-4-3-5-15-18(10)21(26)14-9-17-13(8-16(14)23-15)20(25)12-7-6-11(2)22(19(12)24-17)30(27,28)29/h3-9H,1-2H3,(H,23,26)(H,24,25)(H,27,28,29). The maximum absolute atomic E-state index is 13.1. The van der Waals surface area contributed by atoms with Crippen LogP contribution in [0.4, 0.5) is 0 Å². The van der Waals surface area contributed by atoms with E-state index in [-0.39, 0.29) is 21.2 Å². The van der Waals surface area contributed by atoms with E-state index < -0.39 is 15.5 Å². The van der Waals surface area contributed by atoms with Crippen LogP contribution in [0.1, 0.15) is 11.1 Å². The maximum atomic E-state index is 13.1. The van der Waals surface area contributed by atoms with E-state index in [0.717, 1.165) is 5.56 Å². The Kier molecular flexibility index (Phi) is 3.71. The molecule has 0 radical (unpaired) electrons. The van der Waals surface area contributed by atoms with Crippen molar-refractivity contribution in [1.29, 1.82) is 0 Å². The van der Waals surface area contributed by atoms with Crippen molar-refractivity contribution >= 4 is 53.7 Å². The quantitative estimate of drug-likeness (QED) is 0.283. The molecular weight excluding hydrogens is 404 g/mol. The molecule has 2 heterocycles. The molecule has 0 spiro atoms. The number of H-pyrrole nitrogens is 2. The summed E-state index contributed by atoms with van der Waals surface area (Å²) >= 11 is 0. The summed E-state index contributed by atoms with van der Waals surface area (Å²) in [7, 11) is -4.57. The molecule has 0 fully saturated rings. The molecule has 150 valence electrons. The van der Waals surface area contributed by atoms with Crippen LogP contribution < -0.4 is 10.9 Å². The first-order valence-electron chi connectivity index (χ1n) is 9.19. The maximum Gasteiger partial charge on any atom is 0.296 e. The first-order valence-corrected chi connectivity index (χ1v) is 10.6. The van der Waals surface area contributed by atoms with Gasteiger partial charge in [0.25, 0.3) is 10.1 Å². The van der Waals surface area contributed by atoms with Gasteiger partial charge in [-0.1, -0.05) is 18.2 Å². The Hall–Kier alpha value is -3.49. The molecule has 3 N–H and O–H groups in total. The Balaban J connectivity index is 2.03. The lowest BCUT2D eigenvalue weighted by Gasteiger charge is -2.10. The zero-order chi connectivity index (χ0) is 21.4. The predicted octanol–water partition coefficient (Wildman–Crippen LogP) is 3.54. The third kappa shape index (κ3) is 2.51. The van der Waals surface area contributed by atoms with Gasteiger partial charge in [0, 0.05) is 21.5 Å². The summed E-state index contributed by atoms with van der Waals surface area (Å²) < 4.78 is 33.6. The molecule has 0 amide bonds. The second-order valence-electron chi connectivity index (χ2n) is 7.46. The van der Waals surface area contributed by atoms with E-state index in [1.54, 1.807) is 18.2 Å². The van der Waals surface area contributed by atoms with Crippen LogP contribution in [-0.2, 0) is 10.1 Å². The molecule has 5 aromatic rings. The van der Waals surface area contributed by atoms with Crippen molar-refractivity contribution in [2.75, 3.05) is 0 Å². The molecule has 0 atom stereocenters. The number of hydrogen-bond acceptors (Lipinski definition) is 4. The number of hydrogen-bond donors (Lipinski definition) is 3. The summed E-state index contributed by atoms with van der Waals surface area (Å²) in [6, 6.07) is 11.6. The van der Waals surface area contributed by atoms with Crippen LogP contribution in [0, 0.1) is 13.8 Å². The molecule has 7 nitrogen and oxygen atoms in total. The van der Waals surface area contributed by atoms with Crippen LogP contribution in [0.3, 0.4) is 0 Å².